The second-order valence-electron chi connectivity index (χ2n) is 7.14. The van der Waals surface area contributed by atoms with E-state index >= 15 is 0 Å². The fourth-order valence-electron chi connectivity index (χ4n) is 3.38. The van der Waals surface area contributed by atoms with Crippen LogP contribution in [-0.4, -0.2) is 22.2 Å². The lowest BCUT2D eigenvalue weighted by Gasteiger charge is -2.34. The Labute approximate surface area is 185 Å². The number of fused-ring (bicyclic) bond motifs is 1. The van der Waals surface area contributed by atoms with Gasteiger partial charge in [-0.05, 0) is 48.2 Å². The van der Waals surface area contributed by atoms with E-state index in [1.165, 1.54) is 23.7 Å². The molecule has 0 aromatic heterocycles. The van der Waals surface area contributed by atoms with Gasteiger partial charge in [-0.25, -0.2) is 0 Å². The standard InChI is InChI=1S/C22H23Cl2NO3S/c1-2-3-4-5-14-7-9-19-18(11-14)25(22(28)20(29-19)12-21(26)27)13-15-6-8-16(23)17(24)10-15/h6-11,20H,2-5,12-13H2,1H3,(H,26,27). The van der Waals surface area contributed by atoms with Crippen LogP contribution in [0.2, 0.25) is 10.0 Å². The van der Waals surface area contributed by atoms with Crippen LogP contribution in [0.25, 0.3) is 0 Å². The largest absolute Gasteiger partial charge is 0.481 e. The molecule has 2 aromatic rings. The molecule has 154 valence electrons. The van der Waals surface area contributed by atoms with Crippen molar-refractivity contribution in [2.45, 2.75) is 55.7 Å². The van der Waals surface area contributed by atoms with Crippen molar-refractivity contribution in [3.8, 4) is 0 Å². The van der Waals surface area contributed by atoms with Crippen LogP contribution in [0.1, 0.15) is 43.7 Å². The van der Waals surface area contributed by atoms with Crippen molar-refractivity contribution in [1.82, 2.24) is 0 Å². The van der Waals surface area contributed by atoms with E-state index in [4.69, 9.17) is 23.2 Å². The zero-order valence-corrected chi connectivity index (χ0v) is 18.5. The Hall–Kier alpha value is -1.69. The van der Waals surface area contributed by atoms with Gasteiger partial charge in [0.15, 0.2) is 0 Å². The topological polar surface area (TPSA) is 57.6 Å². The van der Waals surface area contributed by atoms with Crippen molar-refractivity contribution >= 4 is 52.5 Å². The quantitative estimate of drug-likeness (QED) is 0.484. The fraction of sp³-hybridized carbons (Fsp3) is 0.364. The number of aryl methyl sites for hydroxylation is 1. The van der Waals surface area contributed by atoms with Crippen molar-refractivity contribution in [3.05, 3.63) is 57.6 Å². The van der Waals surface area contributed by atoms with Crippen molar-refractivity contribution in [1.29, 1.82) is 0 Å². The molecule has 1 atom stereocenters. The maximum absolute atomic E-state index is 13.1. The van der Waals surface area contributed by atoms with Gasteiger partial charge in [0.05, 0.1) is 33.9 Å². The number of benzene rings is 2. The Morgan fingerprint density at radius 3 is 2.55 bits per heavy atom. The normalized spacial score (nSPS) is 16.0. The number of rotatable bonds is 8. The molecule has 3 rings (SSSR count). The molecule has 0 spiro atoms. The molecular formula is C22H23Cl2NO3S. The Kier molecular flexibility index (Phi) is 7.49. The van der Waals surface area contributed by atoms with E-state index in [-0.39, 0.29) is 12.3 Å². The average Bonchev–Trinajstić information content (AvgIpc) is 2.68. The summed E-state index contributed by atoms with van der Waals surface area (Å²) in [5.41, 5.74) is 2.86. The summed E-state index contributed by atoms with van der Waals surface area (Å²) in [5.74, 6) is -1.17. The van der Waals surface area contributed by atoms with Gasteiger partial charge in [-0.1, -0.05) is 55.1 Å². The second kappa shape index (κ2) is 9.88. The van der Waals surface area contributed by atoms with Crippen LogP contribution >= 0.6 is 35.0 Å². The van der Waals surface area contributed by atoms with Crippen LogP contribution in [0.5, 0.6) is 0 Å². The lowest BCUT2D eigenvalue weighted by Crippen LogP contribution is -2.41. The summed E-state index contributed by atoms with van der Waals surface area (Å²) < 4.78 is 0. The number of thioether (sulfide) groups is 1. The lowest BCUT2D eigenvalue weighted by molar-refractivity contribution is -0.138. The maximum atomic E-state index is 13.1. The molecule has 4 nitrogen and oxygen atoms in total. The number of nitrogens with zero attached hydrogens (tertiary/aromatic N) is 1. The van der Waals surface area contributed by atoms with E-state index in [2.05, 4.69) is 19.1 Å². The SMILES string of the molecule is CCCCCc1ccc2c(c1)N(Cc1ccc(Cl)c(Cl)c1)C(=O)C(CC(=O)O)S2. The molecule has 7 heteroatoms. The summed E-state index contributed by atoms with van der Waals surface area (Å²) in [4.78, 5) is 27.0. The first-order chi connectivity index (χ1) is 13.9. The van der Waals surface area contributed by atoms with Gasteiger partial charge in [0, 0.05) is 4.90 Å². The number of carboxylic acids is 1. The highest BCUT2D eigenvalue weighted by Gasteiger charge is 2.35. The molecule has 1 unspecified atom stereocenters. The monoisotopic (exact) mass is 451 g/mol. The van der Waals surface area contributed by atoms with Crippen LogP contribution < -0.4 is 4.90 Å². The van der Waals surface area contributed by atoms with E-state index in [0.29, 0.717) is 16.6 Å². The minimum absolute atomic E-state index is 0.193. The average molecular weight is 452 g/mol. The van der Waals surface area contributed by atoms with Gasteiger partial charge in [0.2, 0.25) is 5.91 Å². The van der Waals surface area contributed by atoms with Gasteiger partial charge in [-0.2, -0.15) is 0 Å². The fourth-order valence-corrected chi connectivity index (χ4v) is 4.89. The third-order valence-corrected chi connectivity index (χ3v) is 6.87. The predicted molar refractivity (Wildman–Crippen MR) is 119 cm³/mol. The summed E-state index contributed by atoms with van der Waals surface area (Å²) >= 11 is 13.5. The van der Waals surface area contributed by atoms with Crippen LogP contribution in [0, 0.1) is 0 Å². The molecule has 0 saturated heterocycles. The summed E-state index contributed by atoms with van der Waals surface area (Å²) in [7, 11) is 0. The molecule has 0 radical (unpaired) electrons. The van der Waals surface area contributed by atoms with Gasteiger partial charge >= 0.3 is 5.97 Å². The van der Waals surface area contributed by atoms with Gasteiger partial charge < -0.3 is 10.0 Å². The molecular weight excluding hydrogens is 429 g/mol. The molecule has 2 aromatic carbocycles. The lowest BCUT2D eigenvalue weighted by atomic mass is 10.1. The van der Waals surface area contributed by atoms with Crippen LogP contribution in [0.4, 0.5) is 5.69 Å². The van der Waals surface area contributed by atoms with Crippen LogP contribution in [-0.2, 0) is 22.6 Å². The number of carbonyl (C=O) groups excluding carboxylic acids is 1. The van der Waals surface area contributed by atoms with Gasteiger partial charge in [0.25, 0.3) is 0 Å². The first-order valence-electron chi connectivity index (χ1n) is 9.65. The highest BCUT2D eigenvalue weighted by Crippen LogP contribution is 2.42. The number of carbonyl (C=O) groups is 2. The molecule has 29 heavy (non-hydrogen) atoms. The van der Waals surface area contributed by atoms with Crippen molar-refractivity contribution in [2.75, 3.05) is 4.90 Å². The van der Waals surface area contributed by atoms with Crippen LogP contribution in [0.15, 0.2) is 41.3 Å². The predicted octanol–water partition coefficient (Wildman–Crippen LogP) is 6.21. The smallest absolute Gasteiger partial charge is 0.305 e. The van der Waals surface area contributed by atoms with Crippen LogP contribution in [0.3, 0.4) is 0 Å². The molecule has 0 bridgehead atoms. The first-order valence-corrected chi connectivity index (χ1v) is 11.3. The minimum atomic E-state index is -0.982. The molecule has 0 saturated carbocycles. The van der Waals surface area contributed by atoms with E-state index in [0.717, 1.165) is 35.4 Å². The van der Waals surface area contributed by atoms with Gasteiger partial charge in [-0.15, -0.1) is 11.8 Å². The third-order valence-electron chi connectivity index (χ3n) is 4.88. The van der Waals surface area contributed by atoms with E-state index < -0.39 is 11.2 Å². The zero-order chi connectivity index (χ0) is 21.0. The number of unbranched alkanes of at least 4 members (excludes halogenated alkanes) is 2. The number of amides is 1. The highest BCUT2D eigenvalue weighted by molar-refractivity contribution is 8.01. The number of hydrogen-bond acceptors (Lipinski definition) is 3. The van der Waals surface area contributed by atoms with Crippen molar-refractivity contribution in [2.24, 2.45) is 0 Å². The molecule has 0 fully saturated rings. The Bertz CT molecular complexity index is 919. The van der Waals surface area contributed by atoms with Gasteiger partial charge in [-0.3, -0.25) is 9.59 Å². The molecule has 1 N–H and O–H groups in total. The molecule has 1 aliphatic rings. The third kappa shape index (κ3) is 5.47. The second-order valence-corrected chi connectivity index (χ2v) is 9.20. The first kappa shape index (κ1) is 22.0. The number of hydrogen-bond donors (Lipinski definition) is 1. The Morgan fingerprint density at radius 1 is 1.10 bits per heavy atom. The maximum Gasteiger partial charge on any atom is 0.305 e. The van der Waals surface area contributed by atoms with Crippen molar-refractivity contribution in [3.63, 3.8) is 0 Å². The van der Waals surface area contributed by atoms with E-state index in [9.17, 15) is 14.7 Å². The summed E-state index contributed by atoms with van der Waals surface area (Å²) in [6.07, 6.45) is 4.17. The highest BCUT2D eigenvalue weighted by atomic mass is 35.5. The Morgan fingerprint density at radius 2 is 1.86 bits per heavy atom. The number of carboxylic acid groups (broad SMARTS) is 1. The van der Waals surface area contributed by atoms with E-state index in [1.54, 1.807) is 17.0 Å². The Balaban J connectivity index is 1.94. The minimum Gasteiger partial charge on any atom is -0.481 e. The van der Waals surface area contributed by atoms with E-state index in [1.807, 2.05) is 12.1 Å². The summed E-state index contributed by atoms with van der Waals surface area (Å²) in [6, 6.07) is 11.4. The molecule has 1 heterocycles. The molecule has 1 amide bonds. The van der Waals surface area contributed by atoms with Crippen molar-refractivity contribution < 1.29 is 14.7 Å². The zero-order valence-electron chi connectivity index (χ0n) is 16.2. The van der Waals surface area contributed by atoms with Gasteiger partial charge in [0.1, 0.15) is 0 Å². The summed E-state index contributed by atoms with van der Waals surface area (Å²) in [5, 5.41) is 9.46. The summed E-state index contributed by atoms with van der Waals surface area (Å²) in [6.45, 7) is 2.49. The number of anilines is 1. The molecule has 1 aliphatic heterocycles. The number of aliphatic carboxylic acids is 1. The number of halogens is 2. The molecule has 0 aliphatic carbocycles.